The van der Waals surface area contributed by atoms with Crippen LogP contribution in [0.15, 0.2) is 36.4 Å². The molecule has 1 spiro atoms. The second-order valence-electron chi connectivity index (χ2n) is 8.69. The summed E-state index contributed by atoms with van der Waals surface area (Å²) in [5, 5.41) is 0. The molecule has 2 N–H and O–H groups in total. The lowest BCUT2D eigenvalue weighted by Gasteiger charge is -2.46. The van der Waals surface area contributed by atoms with Gasteiger partial charge in [-0.2, -0.15) is 0 Å². The van der Waals surface area contributed by atoms with E-state index in [1.807, 2.05) is 24.3 Å². The predicted molar refractivity (Wildman–Crippen MR) is 120 cm³/mol. The van der Waals surface area contributed by atoms with Crippen LogP contribution in [0.1, 0.15) is 55.3 Å². The summed E-state index contributed by atoms with van der Waals surface area (Å²) in [6, 6.07) is 12.0. The molecule has 2 aliphatic heterocycles. The van der Waals surface area contributed by atoms with Gasteiger partial charge in [0.2, 0.25) is 5.91 Å². The third kappa shape index (κ3) is 3.49. The lowest BCUT2D eigenvalue weighted by molar-refractivity contribution is -0.134. The standard InChI is InChI=1S/C24H28N2O3.ClH/c1-16-19-13-21-22(29-11-10-28-21)14-20(19)24(8-2-3-9-24)15-26(16)23(27)12-17-4-6-18(25)7-5-17;/h4-7,13-14,16H,2-3,8-12,15,25H2,1H3;1H. The number of nitrogens with zero attached hydrogens (tertiary/aromatic N) is 1. The van der Waals surface area contributed by atoms with Gasteiger partial charge in [0.05, 0.1) is 12.5 Å². The van der Waals surface area contributed by atoms with Crippen molar-refractivity contribution in [1.82, 2.24) is 4.90 Å². The lowest BCUT2D eigenvalue weighted by atomic mass is 9.71. The number of nitrogen functional groups attached to an aromatic ring is 1. The summed E-state index contributed by atoms with van der Waals surface area (Å²) in [4.78, 5) is 15.4. The molecule has 1 amide bonds. The highest BCUT2D eigenvalue weighted by Crippen LogP contribution is 2.52. The van der Waals surface area contributed by atoms with Crippen molar-refractivity contribution in [3.8, 4) is 11.5 Å². The number of carbonyl (C=O) groups excluding carboxylic acids is 1. The van der Waals surface area contributed by atoms with E-state index in [4.69, 9.17) is 15.2 Å². The average molecular weight is 429 g/mol. The van der Waals surface area contributed by atoms with Crippen molar-refractivity contribution >= 4 is 24.0 Å². The second-order valence-corrected chi connectivity index (χ2v) is 8.69. The van der Waals surface area contributed by atoms with Gasteiger partial charge in [-0.25, -0.2) is 0 Å². The number of anilines is 1. The van der Waals surface area contributed by atoms with Crippen LogP contribution in [0.2, 0.25) is 0 Å². The van der Waals surface area contributed by atoms with E-state index in [1.54, 1.807) is 0 Å². The van der Waals surface area contributed by atoms with Gasteiger partial charge in [0, 0.05) is 17.6 Å². The largest absolute Gasteiger partial charge is 0.486 e. The molecule has 1 saturated carbocycles. The minimum absolute atomic E-state index is 0. The molecule has 5 rings (SSSR count). The maximum Gasteiger partial charge on any atom is 0.227 e. The summed E-state index contributed by atoms with van der Waals surface area (Å²) in [5.41, 5.74) is 10.1. The van der Waals surface area contributed by atoms with Gasteiger partial charge in [0.15, 0.2) is 11.5 Å². The van der Waals surface area contributed by atoms with E-state index in [2.05, 4.69) is 24.0 Å². The van der Waals surface area contributed by atoms with Gasteiger partial charge in [-0.05, 0) is 60.7 Å². The summed E-state index contributed by atoms with van der Waals surface area (Å²) < 4.78 is 11.7. The van der Waals surface area contributed by atoms with Crippen molar-refractivity contribution in [2.45, 2.75) is 50.5 Å². The van der Waals surface area contributed by atoms with Crippen molar-refractivity contribution in [3.63, 3.8) is 0 Å². The number of ether oxygens (including phenoxy) is 2. The Hall–Kier alpha value is -2.40. The zero-order chi connectivity index (χ0) is 20.0. The SMILES string of the molecule is CC1c2cc3c(cc2C2(CCCC2)CN1C(=O)Cc1ccc(N)cc1)OCCO3.Cl. The molecular weight excluding hydrogens is 400 g/mol. The topological polar surface area (TPSA) is 64.8 Å². The fourth-order valence-corrected chi connectivity index (χ4v) is 5.32. The van der Waals surface area contributed by atoms with Gasteiger partial charge >= 0.3 is 0 Å². The number of benzene rings is 2. The Bertz CT molecular complexity index is 938. The first-order chi connectivity index (χ1) is 14.1. The first-order valence-electron chi connectivity index (χ1n) is 10.6. The van der Waals surface area contributed by atoms with Crippen LogP contribution in [0, 0.1) is 0 Å². The predicted octanol–water partition coefficient (Wildman–Crippen LogP) is 4.42. The van der Waals surface area contributed by atoms with Crippen LogP contribution in [0.5, 0.6) is 11.5 Å². The smallest absolute Gasteiger partial charge is 0.227 e. The van der Waals surface area contributed by atoms with Crippen LogP contribution in [0.25, 0.3) is 0 Å². The fourth-order valence-electron chi connectivity index (χ4n) is 5.32. The Morgan fingerprint density at radius 1 is 1.10 bits per heavy atom. The van der Waals surface area contributed by atoms with Crippen LogP contribution < -0.4 is 15.2 Å². The van der Waals surface area contributed by atoms with E-state index in [-0.39, 0.29) is 29.8 Å². The number of hydrogen-bond acceptors (Lipinski definition) is 4. The Morgan fingerprint density at radius 3 is 2.40 bits per heavy atom. The number of halogens is 1. The molecule has 1 aliphatic carbocycles. The highest BCUT2D eigenvalue weighted by atomic mass is 35.5. The van der Waals surface area contributed by atoms with Crippen molar-refractivity contribution in [2.75, 3.05) is 25.5 Å². The number of amides is 1. The van der Waals surface area contributed by atoms with Gasteiger partial charge in [0.1, 0.15) is 13.2 Å². The van der Waals surface area contributed by atoms with E-state index in [9.17, 15) is 4.79 Å². The van der Waals surface area contributed by atoms with Gasteiger partial charge in [-0.3, -0.25) is 4.79 Å². The summed E-state index contributed by atoms with van der Waals surface area (Å²) >= 11 is 0. The molecule has 1 fully saturated rings. The van der Waals surface area contributed by atoms with Crippen LogP contribution in [0.3, 0.4) is 0 Å². The molecule has 5 nitrogen and oxygen atoms in total. The molecule has 3 aliphatic rings. The number of rotatable bonds is 2. The molecule has 0 radical (unpaired) electrons. The maximum absolute atomic E-state index is 13.3. The Balaban J connectivity index is 0.00000218. The van der Waals surface area contributed by atoms with E-state index < -0.39 is 0 Å². The summed E-state index contributed by atoms with van der Waals surface area (Å²) in [6.45, 7) is 4.10. The number of fused-ring (bicyclic) bond motifs is 3. The summed E-state index contributed by atoms with van der Waals surface area (Å²) in [6.07, 6.45) is 5.07. The van der Waals surface area contributed by atoms with Crippen molar-refractivity contribution in [3.05, 3.63) is 53.1 Å². The minimum Gasteiger partial charge on any atom is -0.486 e. The highest BCUT2D eigenvalue weighted by molar-refractivity contribution is 5.85. The molecular formula is C24H29ClN2O3. The molecule has 1 unspecified atom stereocenters. The minimum atomic E-state index is 0. The third-order valence-electron chi connectivity index (χ3n) is 6.89. The molecule has 1 atom stereocenters. The van der Waals surface area contributed by atoms with Gasteiger partial charge in [0.25, 0.3) is 0 Å². The molecule has 30 heavy (non-hydrogen) atoms. The third-order valence-corrected chi connectivity index (χ3v) is 6.89. The summed E-state index contributed by atoms with van der Waals surface area (Å²) in [5.74, 6) is 1.84. The first kappa shape index (κ1) is 20.9. The maximum atomic E-state index is 13.3. The molecule has 2 aromatic rings. The van der Waals surface area contributed by atoms with Crippen molar-refractivity contribution in [2.24, 2.45) is 0 Å². The molecule has 0 aromatic heterocycles. The zero-order valence-corrected chi connectivity index (χ0v) is 18.2. The van der Waals surface area contributed by atoms with Crippen LogP contribution >= 0.6 is 12.4 Å². The number of nitrogens with two attached hydrogens (primary N) is 1. The van der Waals surface area contributed by atoms with Gasteiger partial charge in [-0.15, -0.1) is 12.4 Å². The van der Waals surface area contributed by atoms with Gasteiger partial charge in [-0.1, -0.05) is 25.0 Å². The highest BCUT2D eigenvalue weighted by Gasteiger charge is 2.46. The van der Waals surface area contributed by atoms with Crippen LogP contribution in [0.4, 0.5) is 5.69 Å². The quantitative estimate of drug-likeness (QED) is 0.719. The molecule has 6 heteroatoms. The van der Waals surface area contributed by atoms with E-state index in [0.717, 1.165) is 42.1 Å². The Morgan fingerprint density at radius 2 is 1.73 bits per heavy atom. The number of hydrogen-bond donors (Lipinski definition) is 1. The molecule has 2 aromatic carbocycles. The Labute approximate surface area is 183 Å². The van der Waals surface area contributed by atoms with Crippen LogP contribution in [-0.4, -0.2) is 30.6 Å². The number of carbonyl (C=O) groups is 1. The molecule has 0 saturated heterocycles. The zero-order valence-electron chi connectivity index (χ0n) is 17.4. The van der Waals surface area contributed by atoms with Gasteiger partial charge < -0.3 is 20.1 Å². The van der Waals surface area contributed by atoms with Crippen molar-refractivity contribution < 1.29 is 14.3 Å². The average Bonchev–Trinajstić information content (AvgIpc) is 3.21. The van der Waals surface area contributed by atoms with E-state index in [0.29, 0.717) is 19.6 Å². The van der Waals surface area contributed by atoms with Crippen molar-refractivity contribution in [1.29, 1.82) is 0 Å². The molecule has 160 valence electrons. The first-order valence-corrected chi connectivity index (χ1v) is 10.6. The summed E-state index contributed by atoms with van der Waals surface area (Å²) in [7, 11) is 0. The normalized spacial score (nSPS) is 21.1. The monoisotopic (exact) mass is 428 g/mol. The van der Waals surface area contributed by atoms with E-state index >= 15 is 0 Å². The van der Waals surface area contributed by atoms with E-state index in [1.165, 1.54) is 24.0 Å². The molecule has 0 bridgehead atoms. The Kier molecular flexibility index (Phi) is 5.58. The van der Waals surface area contributed by atoms with Crippen LogP contribution in [-0.2, 0) is 16.6 Å². The second kappa shape index (κ2) is 8.03. The molecule has 2 heterocycles. The lowest BCUT2D eigenvalue weighted by Crippen LogP contribution is -2.49. The fraction of sp³-hybridized carbons (Fsp3) is 0.458.